The van der Waals surface area contributed by atoms with Gasteiger partial charge in [-0.05, 0) is 6.07 Å². The molecule has 1 aromatic carbocycles. The zero-order valence-electron chi connectivity index (χ0n) is 6.52. The molecular formula is C8H7ClF2O2. The van der Waals surface area contributed by atoms with Crippen LogP contribution in [0.2, 0.25) is 5.02 Å². The van der Waals surface area contributed by atoms with Gasteiger partial charge in [0, 0.05) is 18.6 Å². The van der Waals surface area contributed by atoms with Gasteiger partial charge in [0.05, 0.1) is 5.02 Å². The monoisotopic (exact) mass is 208 g/mol. The number of aromatic hydroxyl groups is 1. The minimum Gasteiger partial charge on any atom is -0.506 e. The lowest BCUT2D eigenvalue weighted by Gasteiger charge is -2.06. The van der Waals surface area contributed by atoms with Crippen molar-refractivity contribution in [3.05, 3.63) is 28.3 Å². The van der Waals surface area contributed by atoms with E-state index in [4.69, 9.17) is 16.7 Å². The second kappa shape index (κ2) is 3.89. The lowest BCUT2D eigenvalue weighted by Crippen LogP contribution is -1.99. The van der Waals surface area contributed by atoms with Gasteiger partial charge in [-0.25, -0.2) is 8.78 Å². The molecule has 0 aliphatic rings. The maximum atomic E-state index is 12.9. The van der Waals surface area contributed by atoms with Crippen molar-refractivity contribution in [2.24, 2.45) is 0 Å². The van der Waals surface area contributed by atoms with Crippen molar-refractivity contribution < 1.29 is 19.0 Å². The summed E-state index contributed by atoms with van der Waals surface area (Å²) in [6, 6.07) is 0.688. The van der Waals surface area contributed by atoms with Crippen molar-refractivity contribution in [2.75, 3.05) is 6.61 Å². The fourth-order valence-electron chi connectivity index (χ4n) is 0.975. The van der Waals surface area contributed by atoms with Crippen LogP contribution in [-0.2, 0) is 6.42 Å². The summed E-state index contributed by atoms with van der Waals surface area (Å²) in [6.07, 6.45) is -0.171. The van der Waals surface area contributed by atoms with Gasteiger partial charge in [-0.3, -0.25) is 0 Å². The molecule has 0 aromatic heterocycles. The van der Waals surface area contributed by atoms with E-state index in [9.17, 15) is 13.9 Å². The Balaban J connectivity index is 3.28. The van der Waals surface area contributed by atoms with Gasteiger partial charge in [0.2, 0.25) is 0 Å². The number of hydrogen-bond donors (Lipinski definition) is 2. The van der Waals surface area contributed by atoms with Crippen LogP contribution in [-0.4, -0.2) is 16.8 Å². The Labute approximate surface area is 78.4 Å². The van der Waals surface area contributed by atoms with Crippen LogP contribution in [0.3, 0.4) is 0 Å². The Kier molecular flexibility index (Phi) is 3.06. The zero-order chi connectivity index (χ0) is 10.0. The van der Waals surface area contributed by atoms with Gasteiger partial charge in [0.15, 0.2) is 11.6 Å². The third kappa shape index (κ3) is 1.89. The molecular weight excluding hydrogens is 202 g/mol. The van der Waals surface area contributed by atoms with Crippen molar-refractivity contribution in [1.29, 1.82) is 0 Å². The summed E-state index contributed by atoms with van der Waals surface area (Å²) >= 11 is 5.39. The molecule has 2 N–H and O–H groups in total. The van der Waals surface area contributed by atoms with Crippen LogP contribution in [0, 0.1) is 11.6 Å². The molecule has 1 aromatic rings. The lowest BCUT2D eigenvalue weighted by molar-refractivity contribution is 0.294. The van der Waals surface area contributed by atoms with E-state index in [1.54, 1.807) is 0 Å². The van der Waals surface area contributed by atoms with Gasteiger partial charge >= 0.3 is 0 Å². The molecule has 0 atom stereocenters. The number of hydrogen-bond acceptors (Lipinski definition) is 2. The van der Waals surface area contributed by atoms with E-state index in [2.05, 4.69) is 0 Å². The molecule has 0 amide bonds. The first-order chi connectivity index (χ1) is 6.07. The molecule has 5 heteroatoms. The minimum absolute atomic E-state index is 0.171. The second-order valence-corrected chi connectivity index (χ2v) is 2.86. The fraction of sp³-hybridized carbons (Fsp3) is 0.250. The van der Waals surface area contributed by atoms with E-state index in [1.807, 2.05) is 0 Å². The van der Waals surface area contributed by atoms with Crippen LogP contribution < -0.4 is 0 Å². The topological polar surface area (TPSA) is 40.5 Å². The molecule has 0 bridgehead atoms. The van der Waals surface area contributed by atoms with Gasteiger partial charge in [-0.15, -0.1) is 0 Å². The summed E-state index contributed by atoms with van der Waals surface area (Å²) < 4.78 is 25.6. The Morgan fingerprint density at radius 2 is 2.00 bits per heavy atom. The Morgan fingerprint density at radius 1 is 1.38 bits per heavy atom. The highest BCUT2D eigenvalue weighted by atomic mass is 35.5. The molecule has 0 unspecified atom stereocenters. The van der Waals surface area contributed by atoms with Crippen LogP contribution in [0.15, 0.2) is 6.07 Å². The quantitative estimate of drug-likeness (QED) is 0.729. The molecule has 0 saturated carbocycles. The van der Waals surface area contributed by atoms with E-state index >= 15 is 0 Å². The highest BCUT2D eigenvalue weighted by molar-refractivity contribution is 6.32. The van der Waals surface area contributed by atoms with Gasteiger partial charge in [-0.2, -0.15) is 0 Å². The maximum Gasteiger partial charge on any atom is 0.165 e. The molecule has 0 spiro atoms. The molecule has 0 aliphatic heterocycles. The first kappa shape index (κ1) is 10.2. The van der Waals surface area contributed by atoms with Crippen LogP contribution in [0.5, 0.6) is 5.75 Å². The maximum absolute atomic E-state index is 12.9. The largest absolute Gasteiger partial charge is 0.506 e. The number of aliphatic hydroxyl groups excluding tert-OH is 1. The molecule has 0 saturated heterocycles. The number of phenols is 1. The number of phenolic OH excluding ortho intramolecular Hbond substituents is 1. The zero-order valence-corrected chi connectivity index (χ0v) is 7.28. The molecule has 13 heavy (non-hydrogen) atoms. The normalized spacial score (nSPS) is 10.5. The Bertz CT molecular complexity index is 302. The van der Waals surface area contributed by atoms with Gasteiger partial charge in [-0.1, -0.05) is 11.6 Å². The van der Waals surface area contributed by atoms with Crippen molar-refractivity contribution in [3.63, 3.8) is 0 Å². The molecule has 1 rings (SSSR count). The van der Waals surface area contributed by atoms with E-state index in [1.165, 1.54) is 0 Å². The molecule has 0 aliphatic carbocycles. The van der Waals surface area contributed by atoms with Crippen molar-refractivity contribution in [2.45, 2.75) is 6.42 Å². The van der Waals surface area contributed by atoms with E-state index in [-0.39, 0.29) is 23.6 Å². The third-order valence-electron chi connectivity index (χ3n) is 1.60. The molecule has 0 heterocycles. The number of halogens is 3. The average Bonchev–Trinajstić information content (AvgIpc) is 2.09. The smallest absolute Gasteiger partial charge is 0.165 e. The van der Waals surface area contributed by atoms with Crippen LogP contribution in [0.25, 0.3) is 0 Å². The highest BCUT2D eigenvalue weighted by Gasteiger charge is 2.16. The van der Waals surface area contributed by atoms with Gasteiger partial charge in [0.25, 0.3) is 0 Å². The Morgan fingerprint density at radius 3 is 2.54 bits per heavy atom. The summed E-state index contributed by atoms with van der Waals surface area (Å²) in [5, 5.41) is 17.4. The first-order valence-electron chi connectivity index (χ1n) is 3.54. The summed E-state index contributed by atoms with van der Waals surface area (Å²) in [5.41, 5.74) is -0.299. The van der Waals surface area contributed by atoms with E-state index in [0.717, 1.165) is 0 Å². The lowest BCUT2D eigenvalue weighted by atomic mass is 10.1. The summed E-state index contributed by atoms with van der Waals surface area (Å²) in [4.78, 5) is 0. The van der Waals surface area contributed by atoms with E-state index < -0.39 is 17.4 Å². The Hall–Kier alpha value is -0.870. The summed E-state index contributed by atoms with van der Waals surface area (Å²) in [7, 11) is 0. The average molecular weight is 209 g/mol. The van der Waals surface area contributed by atoms with E-state index in [0.29, 0.717) is 6.07 Å². The predicted octanol–water partition coefficient (Wildman–Crippen LogP) is 1.86. The van der Waals surface area contributed by atoms with Crippen LogP contribution >= 0.6 is 11.6 Å². The van der Waals surface area contributed by atoms with Gasteiger partial charge in [0.1, 0.15) is 5.75 Å². The SMILES string of the molecule is OCCc1c(O)c(Cl)cc(F)c1F. The molecule has 2 nitrogen and oxygen atoms in total. The van der Waals surface area contributed by atoms with Gasteiger partial charge < -0.3 is 10.2 Å². The van der Waals surface area contributed by atoms with Crippen molar-refractivity contribution in [3.8, 4) is 5.75 Å². The fourth-order valence-corrected chi connectivity index (χ4v) is 1.19. The molecule has 72 valence electrons. The summed E-state index contributed by atoms with van der Waals surface area (Å²) in [6.45, 7) is -0.385. The van der Waals surface area contributed by atoms with Crippen molar-refractivity contribution in [1.82, 2.24) is 0 Å². The molecule has 0 radical (unpaired) electrons. The first-order valence-corrected chi connectivity index (χ1v) is 3.92. The number of benzene rings is 1. The minimum atomic E-state index is -1.17. The van der Waals surface area contributed by atoms with Crippen molar-refractivity contribution >= 4 is 11.6 Å². The second-order valence-electron chi connectivity index (χ2n) is 2.45. The molecule has 0 fully saturated rings. The summed E-state index contributed by atoms with van der Waals surface area (Å²) in [5.74, 6) is -2.82. The van der Waals surface area contributed by atoms with Crippen LogP contribution in [0.1, 0.15) is 5.56 Å². The number of rotatable bonds is 2. The van der Waals surface area contributed by atoms with Crippen LogP contribution in [0.4, 0.5) is 8.78 Å². The highest BCUT2D eigenvalue weighted by Crippen LogP contribution is 2.31. The standard InChI is InChI=1S/C8H7ClF2O2/c9-5-3-6(10)7(11)4(1-2-12)8(5)13/h3,12-13H,1-2H2. The third-order valence-corrected chi connectivity index (χ3v) is 1.89. The number of aliphatic hydroxyl groups is 1. The predicted molar refractivity (Wildman–Crippen MR) is 43.8 cm³/mol.